The molecule has 6 nitrogen and oxygen atoms in total. The Bertz CT molecular complexity index is 1120. The van der Waals surface area contributed by atoms with E-state index in [1.807, 2.05) is 61.7 Å². The number of amides is 1. The summed E-state index contributed by atoms with van der Waals surface area (Å²) in [5.41, 5.74) is 4.74. The number of hydrogen-bond acceptors (Lipinski definition) is 5. The molecule has 0 aliphatic heterocycles. The third kappa shape index (κ3) is 7.33. The fourth-order valence-electron chi connectivity index (χ4n) is 3.27. The van der Waals surface area contributed by atoms with E-state index in [9.17, 15) is 14.7 Å². The molecule has 8 heteroatoms. The molecule has 2 N–H and O–H groups in total. The summed E-state index contributed by atoms with van der Waals surface area (Å²) in [6, 6.07) is 12.4. The van der Waals surface area contributed by atoms with E-state index in [1.165, 1.54) is 0 Å². The van der Waals surface area contributed by atoms with Crippen LogP contribution in [0.5, 0.6) is 0 Å². The number of aryl methyl sites for hydroxylation is 1. The van der Waals surface area contributed by atoms with Gasteiger partial charge in [0.15, 0.2) is 0 Å². The molecule has 33 heavy (non-hydrogen) atoms. The molecule has 1 unspecified atom stereocenters. The molecule has 0 spiro atoms. The Balaban J connectivity index is 0.00000385. The molecule has 3 rings (SSSR count). The molecule has 0 aliphatic rings. The molecule has 2 aromatic carbocycles. The van der Waals surface area contributed by atoms with Crippen LogP contribution < -0.4 is 5.32 Å². The van der Waals surface area contributed by atoms with Crippen LogP contribution in [0.15, 0.2) is 61.1 Å². The summed E-state index contributed by atoms with van der Waals surface area (Å²) in [4.78, 5) is 33.0. The van der Waals surface area contributed by atoms with E-state index in [4.69, 9.17) is 0 Å². The van der Waals surface area contributed by atoms with E-state index in [-0.39, 0.29) is 18.9 Å². The van der Waals surface area contributed by atoms with E-state index < -0.39 is 17.9 Å². The molecule has 3 aromatic rings. The SMILES string of the molecule is CSCCC(NC(=O)c1ccc(C=Cc2cnccn2)cc1-c1ccccc1C)C(=O)O.[LiH]. The van der Waals surface area contributed by atoms with E-state index in [0.29, 0.717) is 17.7 Å². The first-order valence-corrected chi connectivity index (χ1v) is 11.6. The second kappa shape index (κ2) is 13.0. The average Bonchev–Trinajstić information content (AvgIpc) is 2.81. The van der Waals surface area contributed by atoms with Gasteiger partial charge in [0.1, 0.15) is 6.04 Å². The number of aliphatic carboxylic acids is 1. The summed E-state index contributed by atoms with van der Waals surface area (Å²) in [7, 11) is 0. The number of nitrogens with one attached hydrogen (secondary N) is 1. The summed E-state index contributed by atoms with van der Waals surface area (Å²) in [5.74, 6) is -0.789. The quantitative estimate of drug-likeness (QED) is 0.476. The fourth-order valence-corrected chi connectivity index (χ4v) is 3.74. The summed E-state index contributed by atoms with van der Waals surface area (Å²) >= 11 is 1.55. The first kappa shape index (κ1) is 26.4. The zero-order valence-electron chi connectivity index (χ0n) is 18.0. The Labute approximate surface area is 210 Å². The van der Waals surface area contributed by atoms with Gasteiger partial charge in [-0.25, -0.2) is 4.79 Å². The van der Waals surface area contributed by atoms with Gasteiger partial charge >= 0.3 is 24.8 Å². The molecule has 1 atom stereocenters. The van der Waals surface area contributed by atoms with Gasteiger partial charge in [0.25, 0.3) is 5.91 Å². The Morgan fingerprint density at radius 1 is 1.12 bits per heavy atom. The second-order valence-corrected chi connectivity index (χ2v) is 8.21. The molecule has 0 saturated carbocycles. The van der Waals surface area contributed by atoms with Crippen molar-refractivity contribution in [2.24, 2.45) is 0 Å². The van der Waals surface area contributed by atoms with Gasteiger partial charge in [-0.2, -0.15) is 11.8 Å². The van der Waals surface area contributed by atoms with Gasteiger partial charge in [0.05, 0.1) is 11.9 Å². The number of carbonyl (C=O) groups excluding carboxylic acids is 1. The molecular formula is C25H26LiN3O3S. The topological polar surface area (TPSA) is 92.2 Å². The molecule has 1 aromatic heterocycles. The number of carboxylic acid groups (broad SMARTS) is 1. The molecular weight excluding hydrogens is 429 g/mol. The molecule has 0 saturated heterocycles. The number of carboxylic acids is 1. The Morgan fingerprint density at radius 2 is 1.91 bits per heavy atom. The molecule has 0 fully saturated rings. The number of benzene rings is 2. The number of rotatable bonds is 9. The standard InChI is InChI=1S/C25H25N3O3S.Li.H/c1-17-5-3-4-6-20(17)22-15-18(7-9-19-16-26-12-13-27-19)8-10-21(22)24(29)28-23(25(30)31)11-14-32-2;;/h3-10,12-13,15-16,23H,11,14H2,1-2H3,(H,28,29)(H,30,31);;. The van der Waals surface area contributed by atoms with E-state index in [2.05, 4.69) is 15.3 Å². The monoisotopic (exact) mass is 455 g/mol. The molecule has 166 valence electrons. The van der Waals surface area contributed by atoms with Crippen molar-refractivity contribution in [2.75, 3.05) is 12.0 Å². The zero-order chi connectivity index (χ0) is 22.9. The van der Waals surface area contributed by atoms with Gasteiger partial charge in [-0.1, -0.05) is 36.4 Å². The minimum absolute atomic E-state index is 0. The fraction of sp³-hybridized carbons (Fsp3) is 0.200. The van der Waals surface area contributed by atoms with Gasteiger partial charge in [-0.15, -0.1) is 0 Å². The Hall–Kier alpha value is -2.85. The van der Waals surface area contributed by atoms with Crippen LogP contribution in [0.4, 0.5) is 0 Å². The summed E-state index contributed by atoms with van der Waals surface area (Å²) in [5, 5.41) is 12.2. The number of aromatic nitrogens is 2. The van der Waals surface area contributed by atoms with Gasteiger partial charge in [-0.3, -0.25) is 14.8 Å². The van der Waals surface area contributed by atoms with Gasteiger partial charge < -0.3 is 10.4 Å². The molecule has 1 heterocycles. The Morgan fingerprint density at radius 3 is 2.58 bits per heavy atom. The average molecular weight is 456 g/mol. The van der Waals surface area contributed by atoms with Crippen molar-refractivity contribution in [3.05, 3.63) is 83.4 Å². The van der Waals surface area contributed by atoms with Crippen molar-refractivity contribution in [3.63, 3.8) is 0 Å². The predicted octanol–water partition coefficient (Wildman–Crippen LogP) is 3.91. The second-order valence-electron chi connectivity index (χ2n) is 7.23. The third-order valence-corrected chi connectivity index (χ3v) is 5.61. The van der Waals surface area contributed by atoms with Gasteiger partial charge in [0, 0.05) is 18.0 Å². The van der Waals surface area contributed by atoms with Crippen LogP contribution in [-0.4, -0.2) is 63.9 Å². The minimum atomic E-state index is -1.03. The van der Waals surface area contributed by atoms with Gasteiger partial charge in [-0.05, 0) is 65.8 Å². The first-order chi connectivity index (χ1) is 15.5. The van der Waals surface area contributed by atoms with Crippen LogP contribution in [0.1, 0.15) is 33.6 Å². The van der Waals surface area contributed by atoms with Crippen molar-refractivity contribution in [2.45, 2.75) is 19.4 Å². The van der Waals surface area contributed by atoms with Crippen molar-refractivity contribution in [1.82, 2.24) is 15.3 Å². The maximum absolute atomic E-state index is 13.1. The molecule has 0 radical (unpaired) electrons. The van der Waals surface area contributed by atoms with Crippen LogP contribution in [0.25, 0.3) is 23.3 Å². The van der Waals surface area contributed by atoms with Crippen LogP contribution in [0, 0.1) is 6.92 Å². The normalized spacial score (nSPS) is 11.6. The van der Waals surface area contributed by atoms with Crippen molar-refractivity contribution >= 4 is 54.7 Å². The van der Waals surface area contributed by atoms with Crippen LogP contribution in [0.2, 0.25) is 0 Å². The number of nitrogens with zero attached hydrogens (tertiary/aromatic N) is 2. The zero-order valence-corrected chi connectivity index (χ0v) is 18.8. The van der Waals surface area contributed by atoms with Crippen LogP contribution in [0.3, 0.4) is 0 Å². The van der Waals surface area contributed by atoms with E-state index >= 15 is 0 Å². The summed E-state index contributed by atoms with van der Waals surface area (Å²) in [6.45, 7) is 1.98. The number of hydrogen-bond donors (Lipinski definition) is 2. The maximum atomic E-state index is 13.1. The molecule has 0 bridgehead atoms. The predicted molar refractivity (Wildman–Crippen MR) is 137 cm³/mol. The number of thioether (sulfide) groups is 1. The van der Waals surface area contributed by atoms with E-state index in [0.717, 1.165) is 27.9 Å². The van der Waals surface area contributed by atoms with E-state index in [1.54, 1.807) is 36.4 Å². The summed E-state index contributed by atoms with van der Waals surface area (Å²) < 4.78 is 0. The van der Waals surface area contributed by atoms with Crippen molar-refractivity contribution in [1.29, 1.82) is 0 Å². The molecule has 0 aliphatic carbocycles. The van der Waals surface area contributed by atoms with Gasteiger partial charge in [0.2, 0.25) is 0 Å². The number of carbonyl (C=O) groups is 2. The first-order valence-electron chi connectivity index (χ1n) is 10.2. The van der Waals surface area contributed by atoms with Crippen LogP contribution >= 0.6 is 11.8 Å². The third-order valence-electron chi connectivity index (χ3n) is 4.97. The summed E-state index contributed by atoms with van der Waals surface area (Å²) in [6.07, 6.45) is 10.9. The van der Waals surface area contributed by atoms with Crippen molar-refractivity contribution < 1.29 is 14.7 Å². The molecule has 1 amide bonds. The van der Waals surface area contributed by atoms with Crippen molar-refractivity contribution in [3.8, 4) is 11.1 Å². The van der Waals surface area contributed by atoms with Crippen LogP contribution in [-0.2, 0) is 4.79 Å². The Kier molecular flexibility index (Phi) is 10.4.